The molecule has 0 spiro atoms. The van der Waals surface area contributed by atoms with E-state index >= 15 is 0 Å². The van der Waals surface area contributed by atoms with Gasteiger partial charge >= 0.3 is 0 Å². The first kappa shape index (κ1) is 20.0. The van der Waals surface area contributed by atoms with Crippen LogP contribution in [0.25, 0.3) is 22.3 Å². The van der Waals surface area contributed by atoms with Crippen molar-refractivity contribution in [3.63, 3.8) is 0 Å². The average molecular weight is 428 g/mol. The van der Waals surface area contributed by atoms with Crippen molar-refractivity contribution in [3.8, 4) is 17.0 Å². The lowest BCUT2D eigenvalue weighted by Crippen LogP contribution is -2.49. The van der Waals surface area contributed by atoms with Gasteiger partial charge in [-0.25, -0.2) is 15.0 Å². The fourth-order valence-corrected chi connectivity index (χ4v) is 4.01. The van der Waals surface area contributed by atoms with Crippen LogP contribution in [0, 0.1) is 0 Å². The first-order valence-corrected chi connectivity index (χ1v) is 10.6. The first-order valence-electron chi connectivity index (χ1n) is 10.6. The maximum absolute atomic E-state index is 12.9. The zero-order chi connectivity index (χ0) is 21.9. The van der Waals surface area contributed by atoms with Crippen LogP contribution in [0.1, 0.15) is 0 Å². The van der Waals surface area contributed by atoms with E-state index in [1.165, 1.54) is 0 Å². The molecule has 2 aromatic heterocycles. The third-order valence-electron chi connectivity index (χ3n) is 5.83. The van der Waals surface area contributed by atoms with Gasteiger partial charge in [-0.2, -0.15) is 0 Å². The topological polar surface area (TPSA) is 76.4 Å². The van der Waals surface area contributed by atoms with E-state index in [1.54, 1.807) is 19.8 Å². The van der Waals surface area contributed by atoms with Gasteiger partial charge in [0.2, 0.25) is 5.91 Å². The number of hydrogen-bond donors (Lipinski definition) is 0. The van der Waals surface area contributed by atoms with E-state index in [4.69, 9.17) is 4.74 Å². The summed E-state index contributed by atoms with van der Waals surface area (Å²) in [6.07, 6.45) is 3.33. The number of benzene rings is 2. The average Bonchev–Trinajstić information content (AvgIpc) is 3.27. The maximum Gasteiger partial charge on any atom is 0.242 e. The number of fused-ring (bicyclic) bond motifs is 1. The van der Waals surface area contributed by atoms with Gasteiger partial charge in [0.05, 0.1) is 30.2 Å². The monoisotopic (exact) mass is 428 g/mol. The molecule has 8 heteroatoms. The molecule has 2 aromatic carbocycles. The first-order chi connectivity index (χ1) is 15.7. The van der Waals surface area contributed by atoms with Crippen molar-refractivity contribution in [1.29, 1.82) is 0 Å². The number of para-hydroxylation sites is 2. The van der Waals surface area contributed by atoms with Crippen LogP contribution in [-0.2, 0) is 11.3 Å². The molecule has 3 heterocycles. The highest BCUT2D eigenvalue weighted by Gasteiger charge is 2.23. The third kappa shape index (κ3) is 3.99. The molecule has 0 radical (unpaired) electrons. The number of methoxy groups -OCH3 is 1. The summed E-state index contributed by atoms with van der Waals surface area (Å²) >= 11 is 0. The summed E-state index contributed by atoms with van der Waals surface area (Å²) in [7, 11) is 1.65. The molecule has 0 saturated carbocycles. The predicted molar refractivity (Wildman–Crippen MR) is 123 cm³/mol. The number of hydrogen-bond acceptors (Lipinski definition) is 6. The highest BCUT2D eigenvalue weighted by Crippen LogP contribution is 2.24. The summed E-state index contributed by atoms with van der Waals surface area (Å²) in [6.45, 7) is 3.08. The Hall–Kier alpha value is -3.94. The Morgan fingerprint density at radius 1 is 0.969 bits per heavy atom. The zero-order valence-corrected chi connectivity index (χ0v) is 17.9. The number of nitrogens with zero attached hydrogens (tertiary/aromatic N) is 6. The van der Waals surface area contributed by atoms with Crippen LogP contribution in [0.15, 0.2) is 67.3 Å². The molecule has 0 bridgehead atoms. The van der Waals surface area contributed by atoms with Gasteiger partial charge in [-0.3, -0.25) is 4.79 Å². The lowest BCUT2D eigenvalue weighted by atomic mass is 10.1. The summed E-state index contributed by atoms with van der Waals surface area (Å²) in [5.74, 6) is 1.79. The zero-order valence-electron chi connectivity index (χ0n) is 17.9. The molecule has 1 aliphatic rings. The Labute approximate surface area is 186 Å². The van der Waals surface area contributed by atoms with Gasteiger partial charge in [0.25, 0.3) is 0 Å². The number of carbonyl (C=O) groups excluding carboxylic acids is 1. The van der Waals surface area contributed by atoms with Crippen LogP contribution >= 0.6 is 0 Å². The molecule has 8 nitrogen and oxygen atoms in total. The molecule has 0 aliphatic carbocycles. The largest absolute Gasteiger partial charge is 0.497 e. The Morgan fingerprint density at radius 2 is 1.75 bits per heavy atom. The summed E-state index contributed by atoms with van der Waals surface area (Å²) in [4.78, 5) is 30.2. The maximum atomic E-state index is 12.9. The van der Waals surface area contributed by atoms with Gasteiger partial charge in [-0.05, 0) is 36.4 Å². The minimum atomic E-state index is 0.106. The van der Waals surface area contributed by atoms with Gasteiger partial charge in [0.15, 0.2) is 0 Å². The summed E-state index contributed by atoms with van der Waals surface area (Å²) in [5.41, 5.74) is 3.76. The lowest BCUT2D eigenvalue weighted by molar-refractivity contribution is -0.132. The fraction of sp³-hybridized carbons (Fsp3) is 0.250. The lowest BCUT2D eigenvalue weighted by Gasteiger charge is -2.35. The smallest absolute Gasteiger partial charge is 0.242 e. The molecule has 0 unspecified atom stereocenters. The molecule has 1 aliphatic heterocycles. The quantitative estimate of drug-likeness (QED) is 0.487. The van der Waals surface area contributed by atoms with Crippen LogP contribution in [-0.4, -0.2) is 63.6 Å². The van der Waals surface area contributed by atoms with E-state index in [0.717, 1.165) is 46.9 Å². The van der Waals surface area contributed by atoms with Crippen LogP contribution in [0.4, 0.5) is 5.82 Å². The molecule has 0 atom stereocenters. The number of carbonyl (C=O) groups is 1. The molecule has 162 valence electrons. The second kappa shape index (κ2) is 8.66. The Morgan fingerprint density at radius 3 is 2.53 bits per heavy atom. The molecular weight excluding hydrogens is 404 g/mol. The minimum absolute atomic E-state index is 0.106. The number of anilines is 1. The van der Waals surface area contributed by atoms with Crippen molar-refractivity contribution in [3.05, 3.63) is 67.3 Å². The number of ether oxygens (including phenoxy) is 1. The van der Waals surface area contributed by atoms with Gasteiger partial charge in [0.1, 0.15) is 24.4 Å². The van der Waals surface area contributed by atoms with Gasteiger partial charge in [-0.15, -0.1) is 0 Å². The number of aromatic nitrogens is 4. The molecule has 1 saturated heterocycles. The second-order valence-corrected chi connectivity index (χ2v) is 7.72. The molecule has 4 aromatic rings. The molecule has 5 rings (SSSR count). The van der Waals surface area contributed by atoms with Gasteiger partial charge in [0, 0.05) is 37.8 Å². The number of imidazole rings is 1. The van der Waals surface area contributed by atoms with E-state index in [1.807, 2.05) is 64.1 Å². The van der Waals surface area contributed by atoms with E-state index in [0.29, 0.717) is 19.6 Å². The van der Waals surface area contributed by atoms with E-state index in [-0.39, 0.29) is 5.91 Å². The molecule has 1 fully saturated rings. The minimum Gasteiger partial charge on any atom is -0.497 e. The van der Waals surface area contributed by atoms with Gasteiger partial charge < -0.3 is 19.1 Å². The van der Waals surface area contributed by atoms with Crippen molar-refractivity contribution in [2.24, 2.45) is 0 Å². The summed E-state index contributed by atoms with van der Waals surface area (Å²) < 4.78 is 7.14. The Balaban J connectivity index is 1.23. The number of amides is 1. The Bertz CT molecular complexity index is 1230. The molecule has 0 N–H and O–H groups in total. The van der Waals surface area contributed by atoms with Crippen LogP contribution < -0.4 is 9.64 Å². The van der Waals surface area contributed by atoms with Crippen LogP contribution in [0.3, 0.4) is 0 Å². The van der Waals surface area contributed by atoms with Crippen molar-refractivity contribution >= 4 is 22.8 Å². The van der Waals surface area contributed by atoms with Crippen molar-refractivity contribution in [2.45, 2.75) is 6.54 Å². The number of rotatable bonds is 5. The Kier molecular flexibility index (Phi) is 5.41. The SMILES string of the molecule is COc1ccc(-c2cc(N3CCN(C(=O)Cn4cnc5ccccc54)CC3)ncn2)cc1. The third-order valence-corrected chi connectivity index (χ3v) is 5.83. The standard InChI is InChI=1S/C24H24N6O2/c1-32-19-8-6-18(7-9-19)21-14-23(26-16-25-21)28-10-12-29(13-11-28)24(31)15-30-17-27-20-4-2-3-5-22(20)30/h2-9,14,16-17H,10-13,15H2,1H3. The number of piperazine rings is 1. The highest BCUT2D eigenvalue weighted by molar-refractivity contribution is 5.80. The van der Waals surface area contributed by atoms with Crippen LogP contribution in [0.5, 0.6) is 5.75 Å². The summed E-state index contributed by atoms with van der Waals surface area (Å²) in [6, 6.07) is 17.7. The predicted octanol–water partition coefficient (Wildman–Crippen LogP) is 2.85. The van der Waals surface area contributed by atoms with Crippen molar-refractivity contribution in [1.82, 2.24) is 24.4 Å². The molecular formula is C24H24N6O2. The van der Waals surface area contributed by atoms with E-state index < -0.39 is 0 Å². The molecule has 32 heavy (non-hydrogen) atoms. The fourth-order valence-electron chi connectivity index (χ4n) is 4.01. The molecule has 1 amide bonds. The highest BCUT2D eigenvalue weighted by atomic mass is 16.5. The van der Waals surface area contributed by atoms with Crippen molar-refractivity contribution in [2.75, 3.05) is 38.2 Å². The van der Waals surface area contributed by atoms with Gasteiger partial charge in [-0.1, -0.05) is 12.1 Å². The van der Waals surface area contributed by atoms with E-state index in [9.17, 15) is 4.79 Å². The normalized spacial score (nSPS) is 14.0. The van der Waals surface area contributed by atoms with Crippen molar-refractivity contribution < 1.29 is 9.53 Å². The van der Waals surface area contributed by atoms with E-state index in [2.05, 4.69) is 19.9 Å². The second-order valence-electron chi connectivity index (χ2n) is 7.72. The van der Waals surface area contributed by atoms with Crippen LogP contribution in [0.2, 0.25) is 0 Å². The summed E-state index contributed by atoms with van der Waals surface area (Å²) in [5, 5.41) is 0.